The summed E-state index contributed by atoms with van der Waals surface area (Å²) in [6, 6.07) is 16.0. The van der Waals surface area contributed by atoms with Gasteiger partial charge in [-0.25, -0.2) is 4.98 Å². The Hall–Kier alpha value is -2.79. The lowest BCUT2D eigenvalue weighted by Crippen LogP contribution is -2.10. The van der Waals surface area contributed by atoms with Gasteiger partial charge in [-0.3, -0.25) is 0 Å². The number of halogens is 1. The van der Waals surface area contributed by atoms with E-state index in [1.54, 1.807) is 6.20 Å². The first-order valence-corrected chi connectivity index (χ1v) is 8.43. The molecular weight excluding hydrogens is 336 g/mol. The molecule has 0 fully saturated rings. The molecule has 25 heavy (non-hydrogen) atoms. The van der Waals surface area contributed by atoms with Crippen molar-refractivity contribution in [2.24, 2.45) is 0 Å². The Morgan fingerprint density at radius 1 is 1.16 bits per heavy atom. The second-order valence-electron chi connectivity index (χ2n) is 5.94. The third kappa shape index (κ3) is 3.51. The van der Waals surface area contributed by atoms with Crippen LogP contribution >= 0.6 is 11.6 Å². The summed E-state index contributed by atoms with van der Waals surface area (Å²) in [6.07, 6.45) is 1.60. The molecule has 5 nitrogen and oxygen atoms in total. The first-order valence-electron chi connectivity index (χ1n) is 8.05. The number of nitrogens with one attached hydrogen (secondary N) is 2. The van der Waals surface area contributed by atoms with Gasteiger partial charge in [-0.05, 0) is 42.3 Å². The predicted octanol–water partition coefficient (Wildman–Crippen LogP) is 4.94. The van der Waals surface area contributed by atoms with Crippen molar-refractivity contribution in [3.05, 3.63) is 70.9 Å². The van der Waals surface area contributed by atoms with Crippen molar-refractivity contribution in [1.29, 1.82) is 0 Å². The number of nitrogens with zero attached hydrogens (tertiary/aromatic N) is 2. The first-order chi connectivity index (χ1) is 12.2. The topological polar surface area (TPSA) is 59.1 Å². The molecular formula is C19H17ClN4O. The highest BCUT2D eigenvalue weighted by Gasteiger charge is 2.12. The zero-order valence-electron chi connectivity index (χ0n) is 13.7. The number of aromatic nitrogens is 2. The largest absolute Gasteiger partial charge is 0.489 e. The van der Waals surface area contributed by atoms with E-state index in [-0.39, 0.29) is 6.04 Å². The zero-order chi connectivity index (χ0) is 17.2. The standard InChI is InChI=1S/C19H17ClN4O/c1-12-14-5-3-7-16(9-14)25-11-13-4-2-6-15(8-13)23-19-21-10-17(20)18(22-12)24-19/h2-10,12H,11H2,1H3,(H2,21,22,23,24). The fraction of sp³-hybridized carbons (Fsp3) is 0.158. The minimum absolute atomic E-state index is 0.0181. The van der Waals surface area contributed by atoms with E-state index >= 15 is 0 Å². The number of anilines is 3. The molecule has 2 heterocycles. The molecule has 0 saturated carbocycles. The maximum atomic E-state index is 6.26. The van der Waals surface area contributed by atoms with Gasteiger partial charge < -0.3 is 15.4 Å². The van der Waals surface area contributed by atoms with Gasteiger partial charge in [0.2, 0.25) is 5.95 Å². The smallest absolute Gasteiger partial charge is 0.229 e. The molecule has 6 bridgehead atoms. The molecule has 6 heteroatoms. The van der Waals surface area contributed by atoms with Crippen LogP contribution in [0.4, 0.5) is 17.5 Å². The van der Waals surface area contributed by atoms with Crippen molar-refractivity contribution in [3.8, 4) is 5.75 Å². The Morgan fingerprint density at radius 3 is 2.96 bits per heavy atom. The van der Waals surface area contributed by atoms with E-state index in [2.05, 4.69) is 27.5 Å². The summed E-state index contributed by atoms with van der Waals surface area (Å²) >= 11 is 6.26. The average molecular weight is 353 g/mol. The third-order valence-corrected chi connectivity index (χ3v) is 4.32. The lowest BCUT2D eigenvalue weighted by atomic mass is 10.1. The molecule has 2 aromatic carbocycles. The number of benzene rings is 2. The van der Waals surface area contributed by atoms with Crippen LogP contribution in [-0.2, 0) is 6.61 Å². The van der Waals surface area contributed by atoms with E-state index in [1.807, 2.05) is 48.5 Å². The van der Waals surface area contributed by atoms with Gasteiger partial charge in [0.05, 0.1) is 12.2 Å². The summed E-state index contributed by atoms with van der Waals surface area (Å²) in [5.74, 6) is 1.91. The summed E-state index contributed by atoms with van der Waals surface area (Å²) in [4.78, 5) is 8.76. The van der Waals surface area contributed by atoms with Gasteiger partial charge in [0, 0.05) is 5.69 Å². The molecule has 1 aromatic heterocycles. The molecule has 1 aliphatic rings. The molecule has 0 aliphatic carbocycles. The van der Waals surface area contributed by atoms with Gasteiger partial charge >= 0.3 is 0 Å². The van der Waals surface area contributed by atoms with Crippen molar-refractivity contribution in [3.63, 3.8) is 0 Å². The van der Waals surface area contributed by atoms with E-state index in [0.717, 1.165) is 22.6 Å². The van der Waals surface area contributed by atoms with Crippen LogP contribution < -0.4 is 15.4 Å². The Balaban J connectivity index is 1.79. The van der Waals surface area contributed by atoms with E-state index < -0.39 is 0 Å². The first kappa shape index (κ1) is 15.7. The summed E-state index contributed by atoms with van der Waals surface area (Å²) in [5, 5.41) is 7.03. The molecule has 2 N–H and O–H groups in total. The van der Waals surface area contributed by atoms with Crippen LogP contribution in [0.15, 0.2) is 54.7 Å². The predicted molar refractivity (Wildman–Crippen MR) is 99.6 cm³/mol. The van der Waals surface area contributed by atoms with E-state index in [0.29, 0.717) is 23.4 Å². The molecule has 0 spiro atoms. The van der Waals surface area contributed by atoms with Gasteiger partial charge in [-0.15, -0.1) is 0 Å². The van der Waals surface area contributed by atoms with Gasteiger partial charge in [-0.2, -0.15) is 4.98 Å². The van der Waals surface area contributed by atoms with E-state index in [9.17, 15) is 0 Å². The number of hydrogen-bond donors (Lipinski definition) is 2. The molecule has 3 aromatic rings. The molecule has 1 unspecified atom stereocenters. The van der Waals surface area contributed by atoms with Gasteiger partial charge in [-0.1, -0.05) is 35.9 Å². The SMILES string of the molecule is CC1Nc2nc(ncc2Cl)Nc2cccc(c2)COc2cccc1c2. The van der Waals surface area contributed by atoms with Crippen LogP contribution in [0, 0.1) is 0 Å². The summed E-state index contributed by atoms with van der Waals surface area (Å²) < 4.78 is 5.94. The lowest BCUT2D eigenvalue weighted by molar-refractivity contribution is 0.306. The Morgan fingerprint density at radius 2 is 2.04 bits per heavy atom. The van der Waals surface area contributed by atoms with Crippen molar-refractivity contribution in [1.82, 2.24) is 9.97 Å². The monoisotopic (exact) mass is 352 g/mol. The fourth-order valence-electron chi connectivity index (χ4n) is 2.73. The van der Waals surface area contributed by atoms with Crippen LogP contribution in [0.1, 0.15) is 24.1 Å². The number of fused-ring (bicyclic) bond motifs is 6. The maximum absolute atomic E-state index is 6.26. The van der Waals surface area contributed by atoms with E-state index in [1.165, 1.54) is 0 Å². The van der Waals surface area contributed by atoms with E-state index in [4.69, 9.17) is 16.3 Å². The van der Waals surface area contributed by atoms with Crippen LogP contribution in [0.25, 0.3) is 0 Å². The molecule has 0 saturated heterocycles. The van der Waals surface area contributed by atoms with Gasteiger partial charge in [0.1, 0.15) is 17.4 Å². The molecule has 1 atom stereocenters. The van der Waals surface area contributed by atoms with Crippen LogP contribution in [0.3, 0.4) is 0 Å². The van der Waals surface area contributed by atoms with Crippen LogP contribution in [0.5, 0.6) is 5.75 Å². The minimum atomic E-state index is 0.0181. The molecule has 4 rings (SSSR count). The summed E-state index contributed by atoms with van der Waals surface area (Å²) in [7, 11) is 0. The van der Waals surface area contributed by atoms with Crippen molar-refractivity contribution >= 4 is 29.1 Å². The van der Waals surface area contributed by atoms with Gasteiger partial charge in [0.25, 0.3) is 0 Å². The molecule has 126 valence electrons. The molecule has 0 radical (unpaired) electrons. The number of rotatable bonds is 0. The second kappa shape index (κ2) is 6.61. The Bertz CT molecular complexity index is 915. The third-order valence-electron chi connectivity index (χ3n) is 4.04. The maximum Gasteiger partial charge on any atom is 0.229 e. The normalized spacial score (nSPS) is 16.0. The quantitative estimate of drug-likeness (QED) is 0.600. The highest BCUT2D eigenvalue weighted by molar-refractivity contribution is 6.32. The second-order valence-corrected chi connectivity index (χ2v) is 6.35. The van der Waals surface area contributed by atoms with Crippen molar-refractivity contribution in [2.75, 3.05) is 10.6 Å². The van der Waals surface area contributed by atoms with Crippen molar-refractivity contribution in [2.45, 2.75) is 19.6 Å². The van der Waals surface area contributed by atoms with Crippen molar-refractivity contribution < 1.29 is 4.74 Å². The average Bonchev–Trinajstić information content (AvgIpc) is 2.63. The van der Waals surface area contributed by atoms with Crippen LogP contribution in [0.2, 0.25) is 5.02 Å². The Labute approximate surface area is 151 Å². The number of hydrogen-bond acceptors (Lipinski definition) is 5. The Kier molecular flexibility index (Phi) is 4.15. The molecule has 1 aliphatic heterocycles. The minimum Gasteiger partial charge on any atom is -0.489 e. The lowest BCUT2D eigenvalue weighted by Gasteiger charge is -2.18. The van der Waals surface area contributed by atoms with Gasteiger partial charge in [0.15, 0.2) is 5.82 Å². The summed E-state index contributed by atoms with van der Waals surface area (Å²) in [6.45, 7) is 2.55. The van der Waals surface area contributed by atoms with Crippen LogP contribution in [-0.4, -0.2) is 9.97 Å². The highest BCUT2D eigenvalue weighted by atomic mass is 35.5. The number of ether oxygens (including phenoxy) is 1. The highest BCUT2D eigenvalue weighted by Crippen LogP contribution is 2.28. The zero-order valence-corrected chi connectivity index (χ0v) is 14.4. The molecule has 0 amide bonds. The fourth-order valence-corrected chi connectivity index (χ4v) is 2.87. The summed E-state index contributed by atoms with van der Waals surface area (Å²) in [5.41, 5.74) is 3.05.